The number of hydrogen-bond acceptors (Lipinski definition) is 7. The van der Waals surface area contributed by atoms with Crippen LogP contribution in [0.2, 0.25) is 0 Å². The summed E-state index contributed by atoms with van der Waals surface area (Å²) in [6.07, 6.45) is 6.43. The predicted molar refractivity (Wildman–Crippen MR) is 138 cm³/mol. The lowest BCUT2D eigenvalue weighted by Gasteiger charge is -2.64. The highest BCUT2D eigenvalue weighted by molar-refractivity contribution is 6.26. The van der Waals surface area contributed by atoms with Crippen molar-refractivity contribution in [2.75, 3.05) is 19.8 Å². The number of allylic oxidation sites excluding steroid dienone is 4. The normalized spacial score (nSPS) is 46.4. The molecule has 0 radical (unpaired) electrons. The Hall–Kier alpha value is -1.09. The molecule has 1 spiro atoms. The van der Waals surface area contributed by atoms with Gasteiger partial charge in [0.25, 0.3) is 0 Å². The molecule has 5 rings (SSSR count). The van der Waals surface area contributed by atoms with E-state index < -0.39 is 33.6 Å². The summed E-state index contributed by atoms with van der Waals surface area (Å²) in [5.41, 5.74) is -1.62. The van der Waals surface area contributed by atoms with E-state index in [2.05, 4.69) is 13.8 Å². The van der Waals surface area contributed by atoms with Crippen molar-refractivity contribution in [1.29, 1.82) is 0 Å². The second kappa shape index (κ2) is 9.24. The Morgan fingerprint density at radius 3 is 2.46 bits per heavy atom. The predicted octanol–water partition coefficient (Wildman–Crippen LogP) is 4.69. The quantitative estimate of drug-likeness (QED) is 0.389. The molecular formula is C29H41ClO7. The number of Topliss-reactive ketones (excluding diaryl/α,β-unsaturated/α-hetero) is 1. The molecule has 0 bridgehead atoms. The Kier molecular flexibility index (Phi) is 6.86. The summed E-state index contributed by atoms with van der Waals surface area (Å²) in [7, 11) is 0. The van der Waals surface area contributed by atoms with Crippen LogP contribution in [0.5, 0.6) is 0 Å². The molecule has 4 aliphatic carbocycles. The molecule has 1 saturated heterocycles. The van der Waals surface area contributed by atoms with Crippen LogP contribution in [-0.4, -0.2) is 59.2 Å². The van der Waals surface area contributed by atoms with Gasteiger partial charge in [0.15, 0.2) is 11.6 Å². The number of aliphatic hydroxyl groups excluding tert-OH is 1. The largest absolute Gasteiger partial charge is 0.414 e. The van der Waals surface area contributed by atoms with Crippen LogP contribution in [0.1, 0.15) is 73.1 Å². The molecule has 8 heteroatoms. The van der Waals surface area contributed by atoms with E-state index >= 15 is 0 Å². The smallest absolute Gasteiger partial charge is 0.391 e. The number of ketones is 2. The minimum absolute atomic E-state index is 0.0184. The molecule has 1 N–H and O–H groups in total. The van der Waals surface area contributed by atoms with Gasteiger partial charge >= 0.3 is 6.16 Å². The number of alkyl halides is 1. The standard InChI is InChI=1S/C29H41ClO7/c1-6-12-34-29(35-13-7-2)36-17-24(33)28(37-29)18(3)14-22-21-9-8-19-15-20(31)10-11-25(19,4)27(21,30)23(32)16-26(22,28)5/h10-11,15,18,21-23,32H,6-9,12-14,16-17H2,1-5H3/t18-,21+,22+,23?,25+,26+,27+,28+/m1/s1. The summed E-state index contributed by atoms with van der Waals surface area (Å²) < 4.78 is 24.6. The van der Waals surface area contributed by atoms with Crippen LogP contribution >= 0.6 is 11.6 Å². The second-order valence-corrected chi connectivity index (χ2v) is 12.8. The SMILES string of the molecule is CCCOC1(OCCC)OCC(=O)[C@@]2(O1)[C@H](C)C[C@H]1[C@@H]3CCC4=CC(=O)C=C[C@]4(C)[C@@]3(Cl)C(O)C[C@@]12C. The molecule has 1 heterocycles. The van der Waals surface area contributed by atoms with Crippen LogP contribution in [0, 0.1) is 28.6 Å². The zero-order valence-corrected chi connectivity index (χ0v) is 23.4. The Morgan fingerprint density at radius 1 is 1.14 bits per heavy atom. The van der Waals surface area contributed by atoms with E-state index in [1.807, 2.05) is 26.8 Å². The molecule has 37 heavy (non-hydrogen) atoms. The summed E-state index contributed by atoms with van der Waals surface area (Å²) in [5.74, 6) is -0.392. The van der Waals surface area contributed by atoms with E-state index in [4.69, 9.17) is 30.5 Å². The zero-order chi connectivity index (χ0) is 26.9. The van der Waals surface area contributed by atoms with Gasteiger partial charge in [0.1, 0.15) is 12.2 Å². The van der Waals surface area contributed by atoms with Gasteiger partial charge in [-0.15, -0.1) is 11.6 Å². The molecular weight excluding hydrogens is 496 g/mol. The summed E-state index contributed by atoms with van der Waals surface area (Å²) in [6, 6.07) is 0. The molecule has 3 saturated carbocycles. The van der Waals surface area contributed by atoms with Gasteiger partial charge in [-0.05, 0) is 68.4 Å². The number of hydrogen-bond donors (Lipinski definition) is 1. The lowest BCUT2D eigenvalue weighted by atomic mass is 9.45. The number of rotatable bonds is 6. The maximum Gasteiger partial charge on any atom is 0.414 e. The number of ether oxygens (including phenoxy) is 4. The molecule has 7 nitrogen and oxygen atoms in total. The Balaban J connectivity index is 1.57. The molecule has 0 aromatic rings. The summed E-state index contributed by atoms with van der Waals surface area (Å²) in [5, 5.41) is 11.9. The van der Waals surface area contributed by atoms with Crippen molar-refractivity contribution < 1.29 is 33.6 Å². The van der Waals surface area contributed by atoms with Crippen LogP contribution < -0.4 is 0 Å². The second-order valence-electron chi connectivity index (χ2n) is 12.1. The fraction of sp³-hybridized carbons (Fsp3) is 0.793. The third kappa shape index (κ3) is 3.57. The number of carbonyl (C=O) groups excluding carboxylic acids is 2. The molecule has 1 unspecified atom stereocenters. The van der Waals surface area contributed by atoms with Crippen molar-refractivity contribution >= 4 is 23.2 Å². The maximum atomic E-state index is 13.9. The molecule has 0 aromatic carbocycles. The van der Waals surface area contributed by atoms with Gasteiger partial charge in [-0.1, -0.05) is 46.3 Å². The summed E-state index contributed by atoms with van der Waals surface area (Å²) in [4.78, 5) is 25.0. The van der Waals surface area contributed by atoms with Crippen LogP contribution in [-0.2, 0) is 28.5 Å². The Morgan fingerprint density at radius 2 is 1.81 bits per heavy atom. The van der Waals surface area contributed by atoms with E-state index in [0.29, 0.717) is 13.2 Å². The first-order chi connectivity index (χ1) is 17.4. The third-order valence-corrected chi connectivity index (χ3v) is 11.2. The van der Waals surface area contributed by atoms with E-state index in [0.717, 1.165) is 37.7 Å². The molecule has 1 aliphatic heterocycles. The van der Waals surface area contributed by atoms with Gasteiger partial charge in [-0.2, -0.15) is 0 Å². The summed E-state index contributed by atoms with van der Waals surface area (Å²) in [6.45, 7) is 10.7. The van der Waals surface area contributed by atoms with Crippen molar-refractivity contribution in [2.24, 2.45) is 28.6 Å². The highest BCUT2D eigenvalue weighted by Crippen LogP contribution is 2.72. The number of aliphatic hydroxyl groups is 1. The lowest BCUT2D eigenvalue weighted by molar-refractivity contribution is -0.533. The number of carbonyl (C=O) groups is 2. The monoisotopic (exact) mass is 536 g/mol. The topological polar surface area (TPSA) is 91.3 Å². The van der Waals surface area contributed by atoms with E-state index in [9.17, 15) is 14.7 Å². The number of halogens is 1. The van der Waals surface area contributed by atoms with E-state index in [-0.39, 0.29) is 42.3 Å². The fourth-order valence-electron chi connectivity index (χ4n) is 8.52. The minimum atomic E-state index is -1.76. The molecule has 0 amide bonds. The molecule has 0 aromatic heterocycles. The van der Waals surface area contributed by atoms with Crippen LogP contribution in [0.25, 0.3) is 0 Å². The first-order valence-electron chi connectivity index (χ1n) is 13.9. The van der Waals surface area contributed by atoms with Gasteiger partial charge in [0.2, 0.25) is 0 Å². The molecule has 5 aliphatic rings. The van der Waals surface area contributed by atoms with E-state index in [1.165, 1.54) is 0 Å². The van der Waals surface area contributed by atoms with Crippen molar-refractivity contribution in [2.45, 2.75) is 95.9 Å². The van der Waals surface area contributed by atoms with Crippen molar-refractivity contribution in [3.8, 4) is 0 Å². The van der Waals surface area contributed by atoms with Gasteiger partial charge in [-0.3, -0.25) is 19.1 Å². The fourth-order valence-corrected chi connectivity index (χ4v) is 9.05. The van der Waals surface area contributed by atoms with Gasteiger partial charge in [0.05, 0.1) is 24.2 Å². The van der Waals surface area contributed by atoms with Gasteiger partial charge in [-0.25, -0.2) is 0 Å². The summed E-state index contributed by atoms with van der Waals surface area (Å²) >= 11 is 7.57. The first-order valence-corrected chi connectivity index (χ1v) is 14.3. The Labute approximate surface area is 224 Å². The van der Waals surface area contributed by atoms with Crippen LogP contribution in [0.3, 0.4) is 0 Å². The van der Waals surface area contributed by atoms with Gasteiger partial charge < -0.3 is 14.6 Å². The minimum Gasteiger partial charge on any atom is -0.391 e. The molecule has 4 fully saturated rings. The van der Waals surface area contributed by atoms with Crippen molar-refractivity contribution in [1.82, 2.24) is 0 Å². The van der Waals surface area contributed by atoms with Crippen LogP contribution in [0.4, 0.5) is 0 Å². The first kappa shape index (κ1) is 27.5. The van der Waals surface area contributed by atoms with Crippen molar-refractivity contribution in [3.05, 3.63) is 23.8 Å². The maximum absolute atomic E-state index is 13.9. The number of fused-ring (bicyclic) bond motifs is 6. The average molecular weight is 537 g/mol. The van der Waals surface area contributed by atoms with E-state index in [1.54, 1.807) is 12.2 Å². The highest BCUT2D eigenvalue weighted by atomic mass is 35.5. The third-order valence-electron chi connectivity index (χ3n) is 10.2. The van der Waals surface area contributed by atoms with Crippen molar-refractivity contribution in [3.63, 3.8) is 0 Å². The van der Waals surface area contributed by atoms with Crippen LogP contribution in [0.15, 0.2) is 23.8 Å². The lowest BCUT2D eigenvalue weighted by Crippen LogP contribution is -2.72. The molecule has 8 atom stereocenters. The Bertz CT molecular complexity index is 1020. The highest BCUT2D eigenvalue weighted by Gasteiger charge is 2.77. The average Bonchev–Trinajstić information content (AvgIpc) is 3.07. The molecule has 206 valence electrons. The zero-order valence-electron chi connectivity index (χ0n) is 22.7. The van der Waals surface area contributed by atoms with Gasteiger partial charge in [0, 0.05) is 10.8 Å².